The highest BCUT2D eigenvalue weighted by Gasteiger charge is 2.69. The molecule has 58 valence electrons. The average Bonchev–Trinajstić information content (AvgIpc) is 2.32. The van der Waals surface area contributed by atoms with E-state index in [0.717, 1.165) is 0 Å². The number of ether oxygens (including phenoxy) is 2. The van der Waals surface area contributed by atoms with E-state index in [1.807, 2.05) is 0 Å². The standard InChI is InChI=1S/C6H9ClO3/c1-5(2)6(7,10-5)4(8)9-3/h1-3H3. The third-order valence-electron chi connectivity index (χ3n) is 1.58. The van der Waals surface area contributed by atoms with E-state index in [9.17, 15) is 4.79 Å². The molecule has 1 atom stereocenters. The number of hydrogen-bond donors (Lipinski definition) is 0. The van der Waals surface area contributed by atoms with Crippen LogP contribution in [0.15, 0.2) is 0 Å². The second-order valence-corrected chi connectivity index (χ2v) is 3.23. The van der Waals surface area contributed by atoms with Gasteiger partial charge in [-0.15, -0.1) is 0 Å². The molecule has 0 aliphatic carbocycles. The van der Waals surface area contributed by atoms with Gasteiger partial charge in [0, 0.05) is 0 Å². The van der Waals surface area contributed by atoms with Crippen LogP contribution in [-0.2, 0) is 14.3 Å². The summed E-state index contributed by atoms with van der Waals surface area (Å²) in [4.78, 5) is 10.8. The van der Waals surface area contributed by atoms with E-state index in [4.69, 9.17) is 16.3 Å². The zero-order chi connectivity index (χ0) is 7.99. The van der Waals surface area contributed by atoms with Gasteiger partial charge in [0.15, 0.2) is 0 Å². The zero-order valence-electron chi connectivity index (χ0n) is 6.10. The Morgan fingerprint density at radius 3 is 2.10 bits per heavy atom. The Hall–Kier alpha value is -0.280. The molecule has 0 aromatic heterocycles. The van der Waals surface area contributed by atoms with Crippen molar-refractivity contribution >= 4 is 17.6 Å². The van der Waals surface area contributed by atoms with E-state index in [2.05, 4.69) is 4.74 Å². The number of alkyl halides is 1. The Bertz CT molecular complexity index is 178. The molecule has 0 N–H and O–H groups in total. The van der Waals surface area contributed by atoms with Gasteiger partial charge in [0.1, 0.15) is 5.60 Å². The monoisotopic (exact) mass is 164 g/mol. The Morgan fingerprint density at radius 1 is 1.60 bits per heavy atom. The van der Waals surface area contributed by atoms with Crippen LogP contribution in [0.5, 0.6) is 0 Å². The number of epoxide rings is 1. The van der Waals surface area contributed by atoms with E-state index >= 15 is 0 Å². The van der Waals surface area contributed by atoms with Gasteiger partial charge >= 0.3 is 5.97 Å². The van der Waals surface area contributed by atoms with Crippen molar-refractivity contribution < 1.29 is 14.3 Å². The molecular formula is C6H9ClO3. The third-order valence-corrected chi connectivity index (χ3v) is 2.26. The van der Waals surface area contributed by atoms with Gasteiger partial charge < -0.3 is 9.47 Å². The fourth-order valence-electron chi connectivity index (χ4n) is 0.745. The van der Waals surface area contributed by atoms with Crippen molar-refractivity contribution in [3.63, 3.8) is 0 Å². The quantitative estimate of drug-likeness (QED) is 0.329. The second-order valence-electron chi connectivity index (χ2n) is 2.70. The molecule has 0 aromatic carbocycles. The summed E-state index contributed by atoms with van der Waals surface area (Å²) in [5.41, 5.74) is -0.582. The lowest BCUT2D eigenvalue weighted by molar-refractivity contribution is -0.143. The van der Waals surface area contributed by atoms with E-state index in [-0.39, 0.29) is 0 Å². The van der Waals surface area contributed by atoms with Crippen molar-refractivity contribution in [3.8, 4) is 0 Å². The van der Waals surface area contributed by atoms with Crippen molar-refractivity contribution in [2.24, 2.45) is 0 Å². The number of halogens is 1. The van der Waals surface area contributed by atoms with Crippen molar-refractivity contribution in [1.82, 2.24) is 0 Å². The highest BCUT2D eigenvalue weighted by molar-refractivity contribution is 6.35. The summed E-state index contributed by atoms with van der Waals surface area (Å²) in [5, 5.41) is -1.23. The van der Waals surface area contributed by atoms with Crippen LogP contribution in [0, 0.1) is 0 Å². The third kappa shape index (κ3) is 0.812. The summed E-state index contributed by atoms with van der Waals surface area (Å²) < 4.78 is 9.35. The van der Waals surface area contributed by atoms with Gasteiger partial charge in [-0.05, 0) is 13.8 Å². The highest BCUT2D eigenvalue weighted by Crippen LogP contribution is 2.51. The number of esters is 1. The van der Waals surface area contributed by atoms with E-state index in [1.165, 1.54) is 7.11 Å². The topological polar surface area (TPSA) is 38.8 Å². The van der Waals surface area contributed by atoms with Crippen LogP contribution in [0.25, 0.3) is 0 Å². The van der Waals surface area contributed by atoms with Gasteiger partial charge in [0.05, 0.1) is 7.11 Å². The van der Waals surface area contributed by atoms with Crippen LogP contribution in [0.3, 0.4) is 0 Å². The maximum Gasteiger partial charge on any atom is 0.357 e. The van der Waals surface area contributed by atoms with Crippen LogP contribution in [-0.4, -0.2) is 23.7 Å². The van der Waals surface area contributed by atoms with Crippen molar-refractivity contribution in [2.75, 3.05) is 7.11 Å². The second kappa shape index (κ2) is 1.86. The Kier molecular flexibility index (Phi) is 1.45. The molecular weight excluding hydrogens is 156 g/mol. The molecule has 10 heavy (non-hydrogen) atoms. The summed E-state index contributed by atoms with van der Waals surface area (Å²) in [6, 6.07) is 0. The number of hydrogen-bond acceptors (Lipinski definition) is 3. The van der Waals surface area contributed by atoms with Gasteiger partial charge in [-0.2, -0.15) is 0 Å². The summed E-state index contributed by atoms with van der Waals surface area (Å²) in [6.45, 7) is 3.47. The van der Waals surface area contributed by atoms with Crippen LogP contribution < -0.4 is 0 Å². The molecule has 3 nitrogen and oxygen atoms in total. The fourth-order valence-corrected chi connectivity index (χ4v) is 1.01. The largest absolute Gasteiger partial charge is 0.466 e. The predicted molar refractivity (Wildman–Crippen MR) is 35.8 cm³/mol. The molecule has 0 saturated carbocycles. The SMILES string of the molecule is COC(=O)C1(Cl)OC1(C)C. The minimum atomic E-state index is -1.23. The zero-order valence-corrected chi connectivity index (χ0v) is 6.86. The molecule has 0 spiro atoms. The molecule has 1 rings (SSSR count). The number of carbonyl (C=O) groups excluding carboxylic acids is 1. The molecule has 4 heteroatoms. The first-order valence-electron chi connectivity index (χ1n) is 2.91. The van der Waals surface area contributed by atoms with Gasteiger partial charge in [0.25, 0.3) is 5.06 Å². The van der Waals surface area contributed by atoms with Crippen molar-refractivity contribution in [3.05, 3.63) is 0 Å². The predicted octanol–water partition coefficient (Wildman–Crippen LogP) is 0.903. The maximum atomic E-state index is 10.8. The molecule has 1 saturated heterocycles. The van der Waals surface area contributed by atoms with Gasteiger partial charge in [-0.3, -0.25) is 0 Å². The van der Waals surface area contributed by atoms with Crippen LogP contribution >= 0.6 is 11.6 Å². The summed E-state index contributed by atoms with van der Waals surface area (Å²) in [5.74, 6) is -0.529. The van der Waals surface area contributed by atoms with Crippen molar-refractivity contribution in [1.29, 1.82) is 0 Å². The number of methoxy groups -OCH3 is 1. The fraction of sp³-hybridized carbons (Fsp3) is 0.833. The van der Waals surface area contributed by atoms with Crippen LogP contribution in [0.1, 0.15) is 13.8 Å². The molecule has 1 aliphatic rings. The molecule has 1 heterocycles. The average molecular weight is 165 g/mol. The lowest BCUT2D eigenvalue weighted by Gasteiger charge is -2.01. The van der Waals surface area contributed by atoms with Gasteiger partial charge in [-0.25, -0.2) is 4.79 Å². The normalized spacial score (nSPS) is 35.2. The Labute approximate surface area is 64.3 Å². The molecule has 0 bridgehead atoms. The summed E-state index contributed by atoms with van der Waals surface area (Å²) in [6.07, 6.45) is 0. The first-order chi connectivity index (χ1) is 4.44. The lowest BCUT2D eigenvalue weighted by atomic mass is 10.1. The van der Waals surface area contributed by atoms with E-state index in [0.29, 0.717) is 0 Å². The minimum absolute atomic E-state index is 0.529. The van der Waals surface area contributed by atoms with E-state index in [1.54, 1.807) is 13.8 Å². The van der Waals surface area contributed by atoms with E-state index < -0.39 is 16.6 Å². The van der Waals surface area contributed by atoms with Crippen LogP contribution in [0.2, 0.25) is 0 Å². The van der Waals surface area contributed by atoms with Gasteiger partial charge in [0.2, 0.25) is 0 Å². The number of rotatable bonds is 1. The minimum Gasteiger partial charge on any atom is -0.466 e. The molecule has 1 unspecified atom stereocenters. The smallest absolute Gasteiger partial charge is 0.357 e. The first-order valence-corrected chi connectivity index (χ1v) is 3.29. The van der Waals surface area contributed by atoms with Gasteiger partial charge in [-0.1, -0.05) is 11.6 Å². The molecule has 0 amide bonds. The maximum absolute atomic E-state index is 10.8. The van der Waals surface area contributed by atoms with Crippen molar-refractivity contribution in [2.45, 2.75) is 24.5 Å². The Morgan fingerprint density at radius 2 is 2.00 bits per heavy atom. The summed E-state index contributed by atoms with van der Waals surface area (Å²) >= 11 is 5.69. The molecule has 1 fully saturated rings. The lowest BCUT2D eigenvalue weighted by Crippen LogP contribution is -2.26. The molecule has 0 radical (unpaired) electrons. The highest BCUT2D eigenvalue weighted by atomic mass is 35.5. The Balaban J connectivity index is 2.68. The number of carbonyl (C=O) groups is 1. The first kappa shape index (κ1) is 7.82. The molecule has 1 aliphatic heterocycles. The summed E-state index contributed by atoms with van der Waals surface area (Å²) in [7, 11) is 1.28. The molecule has 0 aromatic rings. The van der Waals surface area contributed by atoms with Crippen LogP contribution in [0.4, 0.5) is 0 Å².